The van der Waals surface area contributed by atoms with Crippen LogP contribution in [0, 0.1) is 17.1 Å². The molecule has 0 radical (unpaired) electrons. The fourth-order valence-electron chi connectivity index (χ4n) is 1.81. The molecule has 0 N–H and O–H groups in total. The van der Waals surface area contributed by atoms with Crippen molar-refractivity contribution in [2.24, 2.45) is 0 Å². The largest absolute Gasteiger partial charge is 0.490 e. The lowest BCUT2D eigenvalue weighted by atomic mass is 10.2. The summed E-state index contributed by atoms with van der Waals surface area (Å²) in [6, 6.07) is 11.1. The van der Waals surface area contributed by atoms with Crippen LogP contribution in [0.25, 0.3) is 0 Å². The summed E-state index contributed by atoms with van der Waals surface area (Å²) in [5.74, 6) is -0.344. The molecular weight excluding hydrogens is 331 g/mol. The third-order valence-electron chi connectivity index (χ3n) is 2.88. The van der Waals surface area contributed by atoms with Gasteiger partial charge in [-0.3, -0.25) is 0 Å². The minimum absolute atomic E-state index is 0.147. The summed E-state index contributed by atoms with van der Waals surface area (Å²) in [7, 11) is 0. The van der Waals surface area contributed by atoms with Crippen molar-refractivity contribution in [2.45, 2.75) is 11.9 Å². The first-order chi connectivity index (χ1) is 11.7. The molecule has 0 spiro atoms. The van der Waals surface area contributed by atoms with E-state index in [0.717, 1.165) is 0 Å². The second kappa shape index (κ2) is 8.89. The van der Waals surface area contributed by atoms with Crippen LogP contribution in [0.5, 0.6) is 5.75 Å². The van der Waals surface area contributed by atoms with Crippen molar-refractivity contribution in [2.75, 3.05) is 19.0 Å². The maximum absolute atomic E-state index is 13.4. The normalized spacial score (nSPS) is 10.0. The van der Waals surface area contributed by atoms with Gasteiger partial charge < -0.3 is 9.47 Å². The first kappa shape index (κ1) is 17.8. The molecule has 0 saturated carbocycles. The summed E-state index contributed by atoms with van der Waals surface area (Å²) in [6.45, 7) is 2.19. The first-order valence-electron chi connectivity index (χ1n) is 7.24. The Morgan fingerprint density at radius 2 is 2.12 bits per heavy atom. The quantitative estimate of drug-likeness (QED) is 0.434. The Balaban J connectivity index is 1.98. The Bertz CT molecular complexity index is 762. The predicted molar refractivity (Wildman–Crippen MR) is 87.5 cm³/mol. The number of nitriles is 1. The second-order valence-electron chi connectivity index (χ2n) is 4.51. The molecule has 124 valence electrons. The molecule has 24 heavy (non-hydrogen) atoms. The minimum Gasteiger partial charge on any atom is -0.490 e. The molecule has 0 bridgehead atoms. The molecule has 0 aliphatic carbocycles. The Hall–Kier alpha value is -2.59. The van der Waals surface area contributed by atoms with E-state index in [1.54, 1.807) is 25.1 Å². The number of benzene rings is 1. The number of nitrogens with zero attached hydrogens (tertiary/aromatic N) is 2. The van der Waals surface area contributed by atoms with E-state index in [4.69, 9.17) is 14.7 Å². The number of para-hydroxylation sites is 1. The number of hydrogen-bond acceptors (Lipinski definition) is 6. The second-order valence-corrected chi connectivity index (χ2v) is 5.59. The van der Waals surface area contributed by atoms with Gasteiger partial charge in [0, 0.05) is 5.75 Å². The lowest BCUT2D eigenvalue weighted by Gasteiger charge is -2.08. The van der Waals surface area contributed by atoms with Crippen LogP contribution in [0.4, 0.5) is 4.39 Å². The maximum atomic E-state index is 13.4. The average molecular weight is 346 g/mol. The average Bonchev–Trinajstić information content (AvgIpc) is 2.60. The molecule has 0 aliphatic heterocycles. The van der Waals surface area contributed by atoms with E-state index >= 15 is 0 Å². The highest BCUT2D eigenvalue weighted by atomic mass is 32.2. The predicted octanol–water partition coefficient (Wildman–Crippen LogP) is 3.44. The smallest absolute Gasteiger partial charge is 0.356 e. The standard InChI is InChI=1S/C17H15FN2O3S/c1-2-22-17(21)14-8-7-12(11-19)16(20-14)24-10-9-23-15-6-4-3-5-13(15)18/h3-8H,2,9-10H2,1H3. The van der Waals surface area contributed by atoms with Gasteiger partial charge in [-0.1, -0.05) is 12.1 Å². The number of rotatable bonds is 7. The molecule has 0 fully saturated rings. The van der Waals surface area contributed by atoms with Crippen molar-refractivity contribution in [3.8, 4) is 11.8 Å². The van der Waals surface area contributed by atoms with Gasteiger partial charge in [-0.25, -0.2) is 14.2 Å². The third-order valence-corrected chi connectivity index (χ3v) is 3.84. The summed E-state index contributed by atoms with van der Waals surface area (Å²) in [6.07, 6.45) is 0. The van der Waals surface area contributed by atoms with Gasteiger partial charge in [-0.2, -0.15) is 5.26 Å². The molecule has 1 heterocycles. The van der Waals surface area contributed by atoms with Crippen LogP contribution >= 0.6 is 11.8 Å². The molecule has 0 atom stereocenters. The van der Waals surface area contributed by atoms with E-state index < -0.39 is 11.8 Å². The van der Waals surface area contributed by atoms with Crippen molar-refractivity contribution in [3.63, 3.8) is 0 Å². The molecule has 0 aliphatic rings. The summed E-state index contributed by atoms with van der Waals surface area (Å²) in [5, 5.41) is 9.54. The fourth-order valence-corrected chi connectivity index (χ4v) is 2.60. The topological polar surface area (TPSA) is 72.2 Å². The van der Waals surface area contributed by atoms with Gasteiger partial charge in [0.2, 0.25) is 0 Å². The van der Waals surface area contributed by atoms with Gasteiger partial charge in [0.1, 0.15) is 16.8 Å². The van der Waals surface area contributed by atoms with Crippen LogP contribution in [0.1, 0.15) is 23.0 Å². The summed E-state index contributed by atoms with van der Waals surface area (Å²) in [4.78, 5) is 15.9. The lowest BCUT2D eigenvalue weighted by molar-refractivity contribution is 0.0518. The summed E-state index contributed by atoms with van der Waals surface area (Å²) < 4.78 is 23.7. The molecule has 2 aromatic rings. The highest BCUT2D eigenvalue weighted by Gasteiger charge is 2.13. The van der Waals surface area contributed by atoms with Crippen LogP contribution in [0.15, 0.2) is 41.4 Å². The van der Waals surface area contributed by atoms with Crippen molar-refractivity contribution in [1.82, 2.24) is 4.98 Å². The van der Waals surface area contributed by atoms with Crippen molar-refractivity contribution >= 4 is 17.7 Å². The van der Waals surface area contributed by atoms with Crippen molar-refractivity contribution in [3.05, 3.63) is 53.5 Å². The molecule has 0 saturated heterocycles. The molecule has 1 aromatic heterocycles. The summed E-state index contributed by atoms with van der Waals surface area (Å²) in [5.41, 5.74) is 0.507. The minimum atomic E-state index is -0.536. The van der Waals surface area contributed by atoms with E-state index in [1.807, 2.05) is 6.07 Å². The van der Waals surface area contributed by atoms with Gasteiger partial charge in [-0.05, 0) is 31.2 Å². The van der Waals surface area contributed by atoms with E-state index in [1.165, 1.54) is 30.0 Å². The Kier molecular flexibility index (Phi) is 6.58. The highest BCUT2D eigenvalue weighted by Crippen LogP contribution is 2.22. The number of thioether (sulfide) groups is 1. The van der Waals surface area contributed by atoms with Crippen LogP contribution in [-0.4, -0.2) is 29.9 Å². The number of halogens is 1. The fraction of sp³-hybridized carbons (Fsp3) is 0.235. The lowest BCUT2D eigenvalue weighted by Crippen LogP contribution is -2.08. The van der Waals surface area contributed by atoms with E-state index in [0.29, 0.717) is 16.3 Å². The first-order valence-corrected chi connectivity index (χ1v) is 8.22. The zero-order chi connectivity index (χ0) is 17.4. The Morgan fingerprint density at radius 3 is 2.83 bits per heavy atom. The SMILES string of the molecule is CCOC(=O)c1ccc(C#N)c(SCCOc2ccccc2F)n1. The zero-order valence-corrected chi connectivity index (χ0v) is 13.8. The van der Waals surface area contributed by atoms with Crippen molar-refractivity contribution in [1.29, 1.82) is 5.26 Å². The Labute approximate surface area is 143 Å². The number of esters is 1. The van der Waals surface area contributed by atoms with Gasteiger partial charge >= 0.3 is 5.97 Å². The monoisotopic (exact) mass is 346 g/mol. The summed E-state index contributed by atoms with van der Waals surface area (Å²) >= 11 is 1.26. The number of pyridine rings is 1. The van der Waals surface area contributed by atoms with Crippen LogP contribution in [-0.2, 0) is 4.74 Å². The Morgan fingerprint density at radius 1 is 1.33 bits per heavy atom. The van der Waals surface area contributed by atoms with Crippen LogP contribution in [0.3, 0.4) is 0 Å². The van der Waals surface area contributed by atoms with Gasteiger partial charge in [-0.15, -0.1) is 11.8 Å². The number of carbonyl (C=O) groups is 1. The van der Waals surface area contributed by atoms with Gasteiger partial charge in [0.25, 0.3) is 0 Å². The third kappa shape index (κ3) is 4.70. The zero-order valence-electron chi connectivity index (χ0n) is 13.0. The van der Waals surface area contributed by atoms with Crippen LogP contribution < -0.4 is 4.74 Å². The molecule has 1 aromatic carbocycles. The number of aromatic nitrogens is 1. The number of hydrogen-bond donors (Lipinski definition) is 0. The van der Waals surface area contributed by atoms with Gasteiger partial charge in [0.05, 0.1) is 18.8 Å². The van der Waals surface area contributed by atoms with Gasteiger partial charge in [0.15, 0.2) is 11.6 Å². The van der Waals surface area contributed by atoms with Crippen LogP contribution in [0.2, 0.25) is 0 Å². The molecule has 2 rings (SSSR count). The van der Waals surface area contributed by atoms with E-state index in [9.17, 15) is 9.18 Å². The molecular formula is C17H15FN2O3S. The number of carbonyl (C=O) groups excluding carboxylic acids is 1. The maximum Gasteiger partial charge on any atom is 0.356 e. The molecule has 0 amide bonds. The van der Waals surface area contributed by atoms with E-state index in [2.05, 4.69) is 4.98 Å². The van der Waals surface area contributed by atoms with Crippen molar-refractivity contribution < 1.29 is 18.7 Å². The number of ether oxygens (including phenoxy) is 2. The molecule has 7 heteroatoms. The highest BCUT2D eigenvalue weighted by molar-refractivity contribution is 7.99. The molecule has 0 unspecified atom stereocenters. The van der Waals surface area contributed by atoms with E-state index in [-0.39, 0.29) is 24.7 Å². The molecule has 5 nitrogen and oxygen atoms in total.